The van der Waals surface area contributed by atoms with E-state index in [4.69, 9.17) is 4.74 Å². The molecule has 2 aromatic rings. The van der Waals surface area contributed by atoms with Crippen LogP contribution in [0.3, 0.4) is 0 Å². The van der Waals surface area contributed by atoms with Crippen LogP contribution in [0, 0.1) is 6.92 Å². The second-order valence-corrected chi connectivity index (χ2v) is 7.69. The average Bonchev–Trinajstić information content (AvgIpc) is 3.12. The van der Waals surface area contributed by atoms with Crippen LogP contribution in [0.2, 0.25) is 0 Å². The maximum atomic E-state index is 12.4. The number of nitrogens with zero attached hydrogens (tertiary/aromatic N) is 2. The molecule has 1 aromatic carbocycles. The highest BCUT2D eigenvalue weighted by atomic mass is 32.1. The molecule has 26 heavy (non-hydrogen) atoms. The molecule has 3 rings (SSSR count). The molecule has 0 radical (unpaired) electrons. The molecule has 0 atom stereocenters. The monoisotopic (exact) mass is 372 g/mol. The van der Waals surface area contributed by atoms with Gasteiger partial charge in [-0.25, -0.2) is 0 Å². The van der Waals surface area contributed by atoms with E-state index in [1.165, 1.54) is 11.3 Å². The van der Waals surface area contributed by atoms with Gasteiger partial charge in [-0.05, 0) is 31.2 Å². The molecule has 0 saturated carbocycles. The number of hydrogen-bond donors (Lipinski definition) is 0. The largest absolute Gasteiger partial charge is 0.497 e. The molecule has 0 N–H and O–H groups in total. The summed E-state index contributed by atoms with van der Waals surface area (Å²) in [5.74, 6) is 0.965. The van der Waals surface area contributed by atoms with E-state index in [0.29, 0.717) is 13.1 Å². The summed E-state index contributed by atoms with van der Waals surface area (Å²) in [7, 11) is 1.66. The number of Topliss-reactive ketones (excluding diaryl/α,β-unsaturated/α-hetero) is 1. The second kappa shape index (κ2) is 8.36. The van der Waals surface area contributed by atoms with Crippen molar-refractivity contribution in [1.29, 1.82) is 0 Å². The first-order valence-electron chi connectivity index (χ1n) is 8.83. The third kappa shape index (κ3) is 4.43. The van der Waals surface area contributed by atoms with Crippen LogP contribution in [-0.2, 0) is 4.79 Å². The number of aryl methyl sites for hydroxylation is 1. The van der Waals surface area contributed by atoms with Gasteiger partial charge in [-0.15, -0.1) is 11.3 Å². The lowest BCUT2D eigenvalue weighted by molar-refractivity contribution is -0.131. The zero-order chi connectivity index (χ0) is 18.5. The molecule has 2 heterocycles. The Morgan fingerprint density at radius 1 is 1.08 bits per heavy atom. The highest BCUT2D eigenvalue weighted by Crippen LogP contribution is 2.22. The van der Waals surface area contributed by atoms with Crippen LogP contribution in [-0.4, -0.2) is 49.9 Å². The van der Waals surface area contributed by atoms with Gasteiger partial charge in [-0.3, -0.25) is 9.59 Å². The van der Waals surface area contributed by atoms with E-state index in [1.807, 2.05) is 42.2 Å². The summed E-state index contributed by atoms with van der Waals surface area (Å²) < 4.78 is 5.28. The number of carbonyl (C=O) groups excluding carboxylic acids is 2. The number of hydrogen-bond acceptors (Lipinski definition) is 5. The van der Waals surface area contributed by atoms with E-state index in [2.05, 4.69) is 11.0 Å². The van der Waals surface area contributed by atoms with Gasteiger partial charge in [-0.2, -0.15) is 0 Å². The number of amides is 1. The zero-order valence-corrected chi connectivity index (χ0v) is 16.1. The Kier molecular flexibility index (Phi) is 5.93. The van der Waals surface area contributed by atoms with Crippen molar-refractivity contribution in [2.45, 2.75) is 19.8 Å². The standard InChI is InChI=1S/C20H24N2O3S/c1-15-6-8-19(26-15)18(23)7-9-20(24)22-12-10-21(11-13-22)16-4-3-5-17(14-16)25-2/h3-6,8,14H,7,9-13H2,1-2H3. The normalized spacial score (nSPS) is 14.4. The Balaban J connectivity index is 1.48. The summed E-state index contributed by atoms with van der Waals surface area (Å²) in [6.07, 6.45) is 0.573. The van der Waals surface area contributed by atoms with Crippen molar-refractivity contribution in [2.24, 2.45) is 0 Å². The number of benzene rings is 1. The van der Waals surface area contributed by atoms with Gasteiger partial charge < -0.3 is 14.5 Å². The highest BCUT2D eigenvalue weighted by molar-refractivity contribution is 7.14. The number of methoxy groups -OCH3 is 1. The van der Waals surface area contributed by atoms with Gasteiger partial charge in [0, 0.05) is 55.7 Å². The molecule has 1 fully saturated rings. The molecule has 0 spiro atoms. The van der Waals surface area contributed by atoms with Crippen LogP contribution in [0.25, 0.3) is 0 Å². The SMILES string of the molecule is COc1cccc(N2CCN(C(=O)CCC(=O)c3ccc(C)s3)CC2)c1. The Bertz CT molecular complexity index is 779. The lowest BCUT2D eigenvalue weighted by atomic mass is 10.1. The van der Waals surface area contributed by atoms with E-state index < -0.39 is 0 Å². The summed E-state index contributed by atoms with van der Waals surface area (Å²) in [5, 5.41) is 0. The quantitative estimate of drug-likeness (QED) is 0.730. The van der Waals surface area contributed by atoms with Crippen molar-refractivity contribution < 1.29 is 14.3 Å². The van der Waals surface area contributed by atoms with E-state index >= 15 is 0 Å². The Labute approximate surface area is 158 Å². The van der Waals surface area contributed by atoms with E-state index in [-0.39, 0.29) is 24.5 Å². The van der Waals surface area contributed by atoms with Crippen LogP contribution in [0.4, 0.5) is 5.69 Å². The lowest BCUT2D eigenvalue weighted by Gasteiger charge is -2.36. The Morgan fingerprint density at radius 3 is 2.50 bits per heavy atom. The number of ether oxygens (including phenoxy) is 1. The fourth-order valence-corrected chi connectivity index (χ4v) is 3.94. The molecule has 0 aliphatic carbocycles. The second-order valence-electron chi connectivity index (χ2n) is 6.40. The molecule has 1 aliphatic rings. The number of rotatable bonds is 6. The third-order valence-corrected chi connectivity index (χ3v) is 5.67. The van der Waals surface area contributed by atoms with Crippen molar-refractivity contribution in [1.82, 2.24) is 4.90 Å². The van der Waals surface area contributed by atoms with Gasteiger partial charge in [0.1, 0.15) is 5.75 Å². The predicted octanol–water partition coefficient (Wildman–Crippen LogP) is 3.38. The maximum Gasteiger partial charge on any atom is 0.223 e. The fourth-order valence-electron chi connectivity index (χ4n) is 3.11. The van der Waals surface area contributed by atoms with Crippen molar-refractivity contribution in [3.05, 3.63) is 46.2 Å². The van der Waals surface area contributed by atoms with Crippen LogP contribution in [0.1, 0.15) is 27.4 Å². The van der Waals surface area contributed by atoms with Crippen molar-refractivity contribution in [3.63, 3.8) is 0 Å². The van der Waals surface area contributed by atoms with Crippen LogP contribution in [0.5, 0.6) is 5.75 Å². The van der Waals surface area contributed by atoms with Gasteiger partial charge in [0.15, 0.2) is 5.78 Å². The first kappa shape index (κ1) is 18.5. The topological polar surface area (TPSA) is 49.9 Å². The summed E-state index contributed by atoms with van der Waals surface area (Å²) in [5.41, 5.74) is 1.11. The molecular weight excluding hydrogens is 348 g/mol. The van der Waals surface area contributed by atoms with E-state index in [9.17, 15) is 9.59 Å². The number of piperazine rings is 1. The Hall–Kier alpha value is -2.34. The average molecular weight is 372 g/mol. The molecule has 1 saturated heterocycles. The molecule has 1 amide bonds. The van der Waals surface area contributed by atoms with Gasteiger partial charge >= 0.3 is 0 Å². The molecule has 138 valence electrons. The summed E-state index contributed by atoms with van der Waals surface area (Å²) >= 11 is 1.49. The fraction of sp³-hybridized carbons (Fsp3) is 0.400. The summed E-state index contributed by atoms with van der Waals surface area (Å²) in [6.45, 7) is 4.92. The Morgan fingerprint density at radius 2 is 1.85 bits per heavy atom. The minimum Gasteiger partial charge on any atom is -0.497 e. The minimum atomic E-state index is 0.0615. The lowest BCUT2D eigenvalue weighted by Crippen LogP contribution is -2.48. The van der Waals surface area contributed by atoms with Crippen LogP contribution in [0.15, 0.2) is 36.4 Å². The summed E-state index contributed by atoms with van der Waals surface area (Å²) in [4.78, 5) is 30.6. The molecule has 6 heteroatoms. The van der Waals surface area contributed by atoms with Crippen LogP contribution < -0.4 is 9.64 Å². The van der Waals surface area contributed by atoms with Crippen molar-refractivity contribution in [2.75, 3.05) is 38.2 Å². The van der Waals surface area contributed by atoms with E-state index in [0.717, 1.165) is 34.3 Å². The van der Waals surface area contributed by atoms with Gasteiger partial charge in [0.05, 0.1) is 12.0 Å². The number of anilines is 1. The highest BCUT2D eigenvalue weighted by Gasteiger charge is 2.22. The minimum absolute atomic E-state index is 0.0615. The van der Waals surface area contributed by atoms with Crippen molar-refractivity contribution >= 4 is 28.7 Å². The molecule has 5 nitrogen and oxygen atoms in total. The molecule has 1 aromatic heterocycles. The maximum absolute atomic E-state index is 12.4. The van der Waals surface area contributed by atoms with Gasteiger partial charge in [-0.1, -0.05) is 6.07 Å². The molecule has 1 aliphatic heterocycles. The predicted molar refractivity (Wildman–Crippen MR) is 104 cm³/mol. The van der Waals surface area contributed by atoms with E-state index in [1.54, 1.807) is 7.11 Å². The molecular formula is C20H24N2O3S. The molecule has 0 unspecified atom stereocenters. The molecule has 0 bridgehead atoms. The number of ketones is 1. The van der Waals surface area contributed by atoms with Crippen LogP contribution >= 0.6 is 11.3 Å². The van der Waals surface area contributed by atoms with Gasteiger partial charge in [0.25, 0.3) is 0 Å². The number of carbonyl (C=O) groups is 2. The zero-order valence-electron chi connectivity index (χ0n) is 15.2. The third-order valence-electron chi connectivity index (χ3n) is 4.63. The first-order chi connectivity index (χ1) is 12.6. The smallest absolute Gasteiger partial charge is 0.223 e. The van der Waals surface area contributed by atoms with Crippen molar-refractivity contribution in [3.8, 4) is 5.75 Å². The summed E-state index contributed by atoms with van der Waals surface area (Å²) in [6, 6.07) is 11.8. The number of thiophene rings is 1. The first-order valence-corrected chi connectivity index (χ1v) is 9.65. The van der Waals surface area contributed by atoms with Gasteiger partial charge in [0.2, 0.25) is 5.91 Å².